The van der Waals surface area contributed by atoms with Crippen molar-refractivity contribution in [1.29, 1.82) is 0 Å². The van der Waals surface area contributed by atoms with Gasteiger partial charge in [-0.3, -0.25) is 4.79 Å². The number of aryl methyl sites for hydroxylation is 1. The van der Waals surface area contributed by atoms with E-state index in [0.29, 0.717) is 20.9 Å². The van der Waals surface area contributed by atoms with Crippen LogP contribution in [0.25, 0.3) is 0 Å². The van der Waals surface area contributed by atoms with Gasteiger partial charge in [0.1, 0.15) is 5.00 Å². The number of ether oxygens (including phenoxy) is 1. The van der Waals surface area contributed by atoms with Crippen LogP contribution in [0.15, 0.2) is 16.5 Å². The molecule has 0 unspecified atom stereocenters. The molecule has 0 bridgehead atoms. The minimum absolute atomic E-state index is 0.232. The Morgan fingerprint density at radius 3 is 2.83 bits per heavy atom. The maximum Gasteiger partial charge on any atom is 0.341 e. The smallest absolute Gasteiger partial charge is 0.341 e. The lowest BCUT2D eigenvalue weighted by Gasteiger charge is -2.12. The van der Waals surface area contributed by atoms with Crippen LogP contribution < -0.4 is 5.32 Å². The molecule has 3 rings (SSSR count). The van der Waals surface area contributed by atoms with Crippen molar-refractivity contribution in [3.63, 3.8) is 0 Å². The monoisotopic (exact) mass is 445 g/mol. The second kappa shape index (κ2) is 7.04. The van der Waals surface area contributed by atoms with E-state index in [1.54, 1.807) is 19.1 Å². The van der Waals surface area contributed by atoms with Gasteiger partial charge in [0.05, 0.1) is 12.2 Å². The van der Waals surface area contributed by atoms with Gasteiger partial charge in [-0.15, -0.1) is 11.3 Å². The first kappa shape index (κ1) is 16.5. The van der Waals surface area contributed by atoms with Crippen LogP contribution in [0.4, 0.5) is 5.00 Å². The molecule has 2 heterocycles. The number of fused-ring (bicyclic) bond motifs is 1. The van der Waals surface area contributed by atoms with Gasteiger partial charge in [-0.2, -0.15) is 0 Å². The number of hydrogen-bond acceptors (Lipinski definition) is 5. The molecule has 2 aromatic heterocycles. The third kappa shape index (κ3) is 3.45. The van der Waals surface area contributed by atoms with Crippen molar-refractivity contribution >= 4 is 50.8 Å². The molecule has 0 spiro atoms. The normalized spacial score (nSPS) is 13.5. The van der Waals surface area contributed by atoms with E-state index in [1.165, 1.54) is 16.2 Å². The number of rotatable bonds is 4. The van der Waals surface area contributed by atoms with Gasteiger partial charge in [-0.1, -0.05) is 0 Å². The number of esters is 1. The summed E-state index contributed by atoms with van der Waals surface area (Å²) in [5, 5.41) is 3.38. The summed E-state index contributed by atoms with van der Waals surface area (Å²) in [6.07, 6.45) is 3.97. The van der Waals surface area contributed by atoms with E-state index in [-0.39, 0.29) is 17.6 Å². The summed E-state index contributed by atoms with van der Waals surface area (Å²) in [6.45, 7) is 2.09. The van der Waals surface area contributed by atoms with Crippen LogP contribution in [0.5, 0.6) is 0 Å². The zero-order valence-corrected chi connectivity index (χ0v) is 15.6. The Hall–Kier alpha value is -1.35. The summed E-state index contributed by atoms with van der Waals surface area (Å²) in [4.78, 5) is 25.8. The molecule has 7 heteroatoms. The quantitative estimate of drug-likeness (QED) is 0.565. The first-order valence-corrected chi connectivity index (χ1v) is 9.38. The molecule has 1 aliphatic rings. The average molecular weight is 445 g/mol. The number of carbonyl (C=O) groups excluding carboxylic acids is 2. The number of thiophene rings is 1. The number of hydrogen-bond donors (Lipinski definition) is 1. The number of carbonyl (C=O) groups is 2. The zero-order chi connectivity index (χ0) is 16.4. The molecule has 0 saturated heterocycles. The predicted molar refractivity (Wildman–Crippen MR) is 96.3 cm³/mol. The summed E-state index contributed by atoms with van der Waals surface area (Å²) >= 11 is 3.47. The lowest BCUT2D eigenvalue weighted by atomic mass is 9.95. The predicted octanol–water partition coefficient (Wildman–Crippen LogP) is 4.25. The fourth-order valence-corrected chi connectivity index (χ4v) is 4.36. The van der Waals surface area contributed by atoms with Gasteiger partial charge < -0.3 is 14.5 Å². The maximum absolute atomic E-state index is 12.3. The number of furan rings is 1. The van der Waals surface area contributed by atoms with Gasteiger partial charge in [-0.05, 0) is 72.9 Å². The third-order valence-corrected chi connectivity index (χ3v) is 5.46. The molecule has 0 aromatic carbocycles. The average Bonchev–Trinajstić information content (AvgIpc) is 3.10. The van der Waals surface area contributed by atoms with Gasteiger partial charge in [-0.25, -0.2) is 4.79 Å². The molecule has 1 N–H and O–H groups in total. The summed E-state index contributed by atoms with van der Waals surface area (Å²) in [5.74, 6) is -0.483. The van der Waals surface area contributed by atoms with Gasteiger partial charge in [0, 0.05) is 4.88 Å². The SMILES string of the molecule is CCOC(=O)c1c(NC(=O)c2ccc(I)o2)sc2c1CCCC2. The first-order chi connectivity index (χ1) is 11.1. The van der Waals surface area contributed by atoms with Crippen LogP contribution in [-0.4, -0.2) is 18.5 Å². The highest BCUT2D eigenvalue weighted by Gasteiger charge is 2.27. The largest absolute Gasteiger partial charge is 0.462 e. The number of halogens is 1. The first-order valence-electron chi connectivity index (χ1n) is 7.48. The molecule has 0 aliphatic heterocycles. The zero-order valence-electron chi connectivity index (χ0n) is 12.6. The highest BCUT2D eigenvalue weighted by molar-refractivity contribution is 14.1. The second-order valence-electron chi connectivity index (χ2n) is 5.19. The molecule has 23 heavy (non-hydrogen) atoms. The van der Waals surface area contributed by atoms with Crippen molar-refractivity contribution in [3.05, 3.63) is 37.7 Å². The number of nitrogens with one attached hydrogen (secondary N) is 1. The summed E-state index contributed by atoms with van der Waals surface area (Å²) in [5.41, 5.74) is 1.55. The highest BCUT2D eigenvalue weighted by Crippen LogP contribution is 2.38. The van der Waals surface area contributed by atoms with E-state index in [9.17, 15) is 9.59 Å². The van der Waals surface area contributed by atoms with Crippen molar-refractivity contribution in [2.75, 3.05) is 11.9 Å². The van der Waals surface area contributed by atoms with Crippen molar-refractivity contribution in [2.24, 2.45) is 0 Å². The Bertz CT molecular complexity index is 749. The highest BCUT2D eigenvalue weighted by atomic mass is 127. The van der Waals surface area contributed by atoms with Crippen LogP contribution in [-0.2, 0) is 17.6 Å². The van der Waals surface area contributed by atoms with Crippen LogP contribution in [0.3, 0.4) is 0 Å². The minimum atomic E-state index is -0.365. The van der Waals surface area contributed by atoms with E-state index in [0.717, 1.165) is 31.2 Å². The van der Waals surface area contributed by atoms with E-state index in [4.69, 9.17) is 9.15 Å². The Kier molecular flexibility index (Phi) is 5.05. The van der Waals surface area contributed by atoms with E-state index in [2.05, 4.69) is 5.32 Å². The van der Waals surface area contributed by atoms with Crippen LogP contribution >= 0.6 is 33.9 Å². The number of amides is 1. The van der Waals surface area contributed by atoms with Crippen molar-refractivity contribution in [1.82, 2.24) is 0 Å². The third-order valence-electron chi connectivity index (χ3n) is 3.67. The van der Waals surface area contributed by atoms with Gasteiger partial charge in [0.2, 0.25) is 0 Å². The van der Waals surface area contributed by atoms with E-state index in [1.807, 2.05) is 22.6 Å². The molecule has 0 radical (unpaired) electrons. The standard InChI is InChI=1S/C16H16INO4S/c1-2-21-16(20)13-9-5-3-4-6-11(9)23-15(13)18-14(19)10-7-8-12(17)22-10/h7-8H,2-6H2,1H3,(H,18,19). The Morgan fingerprint density at radius 2 is 2.13 bits per heavy atom. The lowest BCUT2D eigenvalue weighted by molar-refractivity contribution is 0.0526. The van der Waals surface area contributed by atoms with Gasteiger partial charge in [0.15, 0.2) is 9.53 Å². The molecule has 122 valence electrons. The fourth-order valence-electron chi connectivity index (χ4n) is 2.67. The van der Waals surface area contributed by atoms with Crippen molar-refractivity contribution < 1.29 is 18.7 Å². The van der Waals surface area contributed by atoms with Gasteiger partial charge >= 0.3 is 5.97 Å². The topological polar surface area (TPSA) is 68.5 Å². The molecule has 2 aromatic rings. The number of anilines is 1. The minimum Gasteiger partial charge on any atom is -0.462 e. The second-order valence-corrected chi connectivity index (χ2v) is 7.36. The van der Waals surface area contributed by atoms with Crippen LogP contribution in [0.1, 0.15) is 51.1 Å². The Labute approximate surface area is 151 Å². The molecular weight excluding hydrogens is 429 g/mol. The molecule has 0 atom stereocenters. The Morgan fingerprint density at radius 1 is 1.35 bits per heavy atom. The van der Waals surface area contributed by atoms with Crippen LogP contribution in [0.2, 0.25) is 0 Å². The molecule has 1 aliphatic carbocycles. The summed E-state index contributed by atoms with van der Waals surface area (Å²) in [7, 11) is 0. The molecular formula is C16H16INO4S. The van der Waals surface area contributed by atoms with E-state index < -0.39 is 0 Å². The summed E-state index contributed by atoms with van der Waals surface area (Å²) < 4.78 is 11.1. The maximum atomic E-state index is 12.3. The molecule has 1 amide bonds. The molecule has 0 fully saturated rings. The van der Waals surface area contributed by atoms with Crippen molar-refractivity contribution in [3.8, 4) is 0 Å². The molecule has 0 saturated carbocycles. The fraction of sp³-hybridized carbons (Fsp3) is 0.375. The summed E-state index contributed by atoms with van der Waals surface area (Å²) in [6, 6.07) is 3.34. The van der Waals surface area contributed by atoms with E-state index >= 15 is 0 Å². The van der Waals surface area contributed by atoms with Crippen LogP contribution in [0, 0.1) is 3.77 Å². The van der Waals surface area contributed by atoms with Crippen molar-refractivity contribution in [2.45, 2.75) is 32.6 Å². The van der Waals surface area contributed by atoms with Gasteiger partial charge in [0.25, 0.3) is 5.91 Å². The molecule has 5 nitrogen and oxygen atoms in total. The lowest BCUT2D eigenvalue weighted by Crippen LogP contribution is -2.15. The Balaban J connectivity index is 1.93.